The molecule has 0 saturated carbocycles. The van der Waals surface area contributed by atoms with E-state index in [0.29, 0.717) is 0 Å². The maximum atomic E-state index is 9.61. The van der Waals surface area contributed by atoms with Gasteiger partial charge in [-0.25, -0.2) is 0 Å². The van der Waals surface area contributed by atoms with Crippen LogP contribution in [0.4, 0.5) is 0 Å². The molecule has 2 N–H and O–H groups in total. The van der Waals surface area contributed by atoms with Crippen molar-refractivity contribution in [3.8, 4) is 11.5 Å². The monoisotopic (exact) mass is 266 g/mol. The fraction of sp³-hybridized carbons (Fsp3) is 0.250. The molecular formula is C8H10O2S4. The van der Waals surface area contributed by atoms with Crippen molar-refractivity contribution in [2.75, 3.05) is 12.5 Å². The van der Waals surface area contributed by atoms with Gasteiger partial charge in [0.25, 0.3) is 0 Å². The van der Waals surface area contributed by atoms with Crippen molar-refractivity contribution in [2.24, 2.45) is 0 Å². The summed E-state index contributed by atoms with van der Waals surface area (Å²) >= 11 is 0. The number of rotatable bonds is 4. The predicted octanol–water partition coefficient (Wildman–Crippen LogP) is 3.84. The molecule has 0 amide bonds. The third-order valence-corrected chi connectivity index (χ3v) is 4.96. The van der Waals surface area contributed by atoms with E-state index >= 15 is 0 Å². The zero-order chi connectivity index (χ0) is 10.6. The molecule has 1 aromatic rings. The first kappa shape index (κ1) is 12.3. The van der Waals surface area contributed by atoms with Crippen LogP contribution in [0.2, 0.25) is 0 Å². The lowest BCUT2D eigenvalue weighted by Gasteiger charge is -2.08. The molecule has 0 saturated heterocycles. The van der Waals surface area contributed by atoms with Crippen LogP contribution in [0.3, 0.4) is 0 Å². The van der Waals surface area contributed by atoms with Gasteiger partial charge in [0, 0.05) is 11.0 Å². The Morgan fingerprint density at radius 2 is 1.64 bits per heavy atom. The van der Waals surface area contributed by atoms with Crippen LogP contribution in [0.15, 0.2) is 21.9 Å². The van der Waals surface area contributed by atoms with Crippen LogP contribution in [0, 0.1) is 0 Å². The van der Waals surface area contributed by atoms with Crippen LogP contribution in [-0.2, 0) is 0 Å². The molecule has 0 heterocycles. The third kappa shape index (κ3) is 3.12. The lowest BCUT2D eigenvalue weighted by molar-refractivity contribution is 0.438. The first-order chi connectivity index (χ1) is 6.69. The van der Waals surface area contributed by atoms with E-state index in [1.807, 2.05) is 12.5 Å². The Morgan fingerprint density at radius 3 is 2.21 bits per heavy atom. The smallest absolute Gasteiger partial charge is 0.134 e. The van der Waals surface area contributed by atoms with Gasteiger partial charge >= 0.3 is 0 Å². The van der Waals surface area contributed by atoms with Gasteiger partial charge in [-0.3, -0.25) is 0 Å². The Hall–Kier alpha value is 0.220. The first-order valence-corrected chi connectivity index (χ1v) is 8.78. The van der Waals surface area contributed by atoms with E-state index in [1.54, 1.807) is 27.7 Å². The standard InChI is InChI=1S/C8H10O2S4/c1-11-13-7-4-5(9)3-6(10)8(7)14-12-2/h3-4,9-10H,1-2H3. The highest BCUT2D eigenvalue weighted by Gasteiger charge is 2.11. The number of hydrogen-bond donors (Lipinski definition) is 2. The fourth-order valence-corrected chi connectivity index (χ4v) is 4.40. The lowest BCUT2D eigenvalue weighted by atomic mass is 10.3. The zero-order valence-electron chi connectivity index (χ0n) is 7.68. The number of phenols is 2. The van der Waals surface area contributed by atoms with E-state index in [0.717, 1.165) is 9.79 Å². The van der Waals surface area contributed by atoms with Gasteiger partial charge in [0.2, 0.25) is 0 Å². The summed E-state index contributed by atoms with van der Waals surface area (Å²) in [6, 6.07) is 3.03. The number of phenolic OH excluding ortho intramolecular Hbond substituents is 2. The fourth-order valence-electron chi connectivity index (χ4n) is 0.892. The summed E-state index contributed by atoms with van der Waals surface area (Å²) in [5, 5.41) is 18.9. The lowest BCUT2D eigenvalue weighted by Crippen LogP contribution is -1.77. The molecule has 0 bridgehead atoms. The highest BCUT2D eigenvalue weighted by atomic mass is 33.1. The molecule has 0 atom stereocenters. The van der Waals surface area contributed by atoms with E-state index < -0.39 is 0 Å². The second-order valence-corrected chi connectivity index (χ2v) is 7.14. The van der Waals surface area contributed by atoms with Crippen LogP contribution in [0.5, 0.6) is 11.5 Å². The predicted molar refractivity (Wildman–Crippen MR) is 68.5 cm³/mol. The summed E-state index contributed by atoms with van der Waals surface area (Å²) in [5.74, 6) is 0.241. The van der Waals surface area contributed by atoms with E-state index in [9.17, 15) is 10.2 Å². The van der Waals surface area contributed by atoms with Crippen LogP contribution in [0.25, 0.3) is 0 Å². The van der Waals surface area contributed by atoms with Gasteiger partial charge < -0.3 is 10.2 Å². The summed E-state index contributed by atoms with van der Waals surface area (Å²) in [6.45, 7) is 0. The minimum absolute atomic E-state index is 0.101. The molecule has 78 valence electrons. The molecule has 0 aliphatic carbocycles. The molecular weight excluding hydrogens is 256 g/mol. The highest BCUT2D eigenvalue weighted by Crippen LogP contribution is 2.46. The van der Waals surface area contributed by atoms with E-state index in [-0.39, 0.29) is 11.5 Å². The number of benzene rings is 1. The first-order valence-electron chi connectivity index (χ1n) is 3.66. The van der Waals surface area contributed by atoms with Crippen molar-refractivity contribution in [1.82, 2.24) is 0 Å². The summed E-state index contributed by atoms with van der Waals surface area (Å²) in [4.78, 5) is 1.71. The van der Waals surface area contributed by atoms with Crippen LogP contribution in [-0.4, -0.2) is 22.7 Å². The normalized spacial score (nSPS) is 10.4. The van der Waals surface area contributed by atoms with Crippen molar-refractivity contribution in [2.45, 2.75) is 9.79 Å². The van der Waals surface area contributed by atoms with Gasteiger partial charge in [0.05, 0.1) is 4.90 Å². The minimum Gasteiger partial charge on any atom is -0.508 e. The maximum absolute atomic E-state index is 9.61. The second kappa shape index (κ2) is 5.95. The highest BCUT2D eigenvalue weighted by molar-refractivity contribution is 8.77. The molecule has 0 aliphatic heterocycles. The van der Waals surface area contributed by atoms with Gasteiger partial charge in [0.15, 0.2) is 0 Å². The van der Waals surface area contributed by atoms with Crippen molar-refractivity contribution < 1.29 is 10.2 Å². The quantitative estimate of drug-likeness (QED) is 0.807. The van der Waals surface area contributed by atoms with Crippen molar-refractivity contribution in [3.05, 3.63) is 12.1 Å². The molecule has 1 aromatic carbocycles. The molecule has 6 heteroatoms. The van der Waals surface area contributed by atoms with Gasteiger partial charge in [-0.1, -0.05) is 43.2 Å². The summed E-state index contributed by atoms with van der Waals surface area (Å²) in [5.41, 5.74) is 0. The van der Waals surface area contributed by atoms with Crippen molar-refractivity contribution >= 4 is 43.2 Å². The van der Waals surface area contributed by atoms with Gasteiger partial charge in [0.1, 0.15) is 11.5 Å². The van der Waals surface area contributed by atoms with E-state index in [4.69, 9.17) is 0 Å². The Labute approximate surface area is 99.0 Å². The molecule has 1 rings (SSSR count). The molecule has 0 radical (unpaired) electrons. The van der Waals surface area contributed by atoms with Gasteiger partial charge in [-0.05, 0) is 18.6 Å². The second-order valence-electron chi connectivity index (χ2n) is 2.29. The molecule has 0 aliphatic rings. The van der Waals surface area contributed by atoms with Crippen molar-refractivity contribution in [1.29, 1.82) is 0 Å². The minimum atomic E-state index is 0.101. The maximum Gasteiger partial charge on any atom is 0.134 e. The number of hydrogen-bond acceptors (Lipinski definition) is 6. The largest absolute Gasteiger partial charge is 0.508 e. The Balaban J connectivity index is 3.07. The Bertz CT molecular complexity index is 316. The zero-order valence-corrected chi connectivity index (χ0v) is 10.9. The van der Waals surface area contributed by atoms with Crippen molar-refractivity contribution in [3.63, 3.8) is 0 Å². The molecule has 2 nitrogen and oxygen atoms in total. The number of aromatic hydroxyl groups is 2. The van der Waals surface area contributed by atoms with Crippen LogP contribution < -0.4 is 0 Å². The Kier molecular flexibility index (Phi) is 5.22. The third-order valence-electron chi connectivity index (χ3n) is 1.36. The summed E-state index contributed by atoms with van der Waals surface area (Å²) in [7, 11) is 6.18. The van der Waals surface area contributed by atoms with E-state index in [2.05, 4.69) is 0 Å². The van der Waals surface area contributed by atoms with Gasteiger partial charge in [-0.15, -0.1) is 0 Å². The summed E-state index contributed by atoms with van der Waals surface area (Å²) in [6.07, 6.45) is 3.91. The Morgan fingerprint density at radius 1 is 1.00 bits per heavy atom. The van der Waals surface area contributed by atoms with Crippen LogP contribution in [0.1, 0.15) is 0 Å². The molecule has 0 unspecified atom stereocenters. The summed E-state index contributed by atoms with van der Waals surface area (Å²) < 4.78 is 0. The average Bonchev–Trinajstić information content (AvgIpc) is 2.11. The molecule has 14 heavy (non-hydrogen) atoms. The van der Waals surface area contributed by atoms with Gasteiger partial charge in [-0.2, -0.15) is 0 Å². The molecule has 0 spiro atoms. The molecule has 0 aromatic heterocycles. The topological polar surface area (TPSA) is 40.5 Å². The van der Waals surface area contributed by atoms with Crippen LogP contribution >= 0.6 is 43.2 Å². The average molecular weight is 266 g/mol. The van der Waals surface area contributed by atoms with E-state index in [1.165, 1.54) is 27.7 Å². The SMILES string of the molecule is CSSc1cc(O)cc(O)c1SSC. The molecule has 0 fully saturated rings.